The number of nitrogens with zero attached hydrogens (tertiary/aromatic N) is 4. The van der Waals surface area contributed by atoms with Crippen LogP contribution in [0.2, 0.25) is 0 Å². The molecule has 1 saturated heterocycles. The topological polar surface area (TPSA) is 72.1 Å². The lowest BCUT2D eigenvalue weighted by Crippen LogP contribution is -2.35. The molecule has 1 aliphatic heterocycles. The third kappa shape index (κ3) is 3.49. The van der Waals surface area contributed by atoms with Gasteiger partial charge in [-0.25, -0.2) is 0 Å². The molecular formula is C20H20N4O2. The second-order valence-electron chi connectivity index (χ2n) is 6.45. The lowest BCUT2D eigenvalue weighted by atomic mass is 10.1. The number of carbonyl (C=O) groups excluding carboxylic acids is 1. The van der Waals surface area contributed by atoms with E-state index in [1.165, 1.54) is 0 Å². The molecule has 0 spiro atoms. The number of hydrogen-bond donors (Lipinski definition) is 0. The Morgan fingerprint density at radius 1 is 1.15 bits per heavy atom. The number of pyridine rings is 1. The first-order valence-electron chi connectivity index (χ1n) is 8.90. The molecule has 0 N–H and O–H groups in total. The van der Waals surface area contributed by atoms with Gasteiger partial charge in [-0.3, -0.25) is 9.78 Å². The first-order valence-corrected chi connectivity index (χ1v) is 8.90. The van der Waals surface area contributed by atoms with Crippen LogP contribution in [0.3, 0.4) is 0 Å². The van der Waals surface area contributed by atoms with Crippen LogP contribution >= 0.6 is 0 Å². The molecule has 1 aromatic carbocycles. The number of rotatable bonds is 5. The molecule has 3 aromatic rings. The van der Waals surface area contributed by atoms with Crippen molar-refractivity contribution in [3.63, 3.8) is 0 Å². The van der Waals surface area contributed by atoms with Crippen molar-refractivity contribution in [3.8, 4) is 11.5 Å². The molecule has 132 valence electrons. The second-order valence-corrected chi connectivity index (χ2v) is 6.45. The van der Waals surface area contributed by atoms with E-state index in [1.807, 2.05) is 35.2 Å². The van der Waals surface area contributed by atoms with Crippen LogP contribution in [0.4, 0.5) is 0 Å². The van der Waals surface area contributed by atoms with Gasteiger partial charge in [0.15, 0.2) is 5.82 Å². The minimum atomic E-state index is 0.0768. The third-order valence-corrected chi connectivity index (χ3v) is 4.76. The largest absolute Gasteiger partial charge is 0.336 e. The Labute approximate surface area is 151 Å². The number of benzene rings is 1. The molecule has 0 radical (unpaired) electrons. The Hall–Kier alpha value is -3.02. The van der Waals surface area contributed by atoms with E-state index in [1.54, 1.807) is 24.5 Å². The summed E-state index contributed by atoms with van der Waals surface area (Å²) in [5.74, 6) is 1.30. The number of amides is 1. The summed E-state index contributed by atoms with van der Waals surface area (Å²) >= 11 is 0. The van der Waals surface area contributed by atoms with Crippen molar-refractivity contribution in [2.45, 2.75) is 31.7 Å². The van der Waals surface area contributed by atoms with Gasteiger partial charge in [0.1, 0.15) is 0 Å². The first kappa shape index (κ1) is 16.4. The summed E-state index contributed by atoms with van der Waals surface area (Å²) in [6.45, 7) is 0.799. The summed E-state index contributed by atoms with van der Waals surface area (Å²) in [6.07, 6.45) is 6.89. The van der Waals surface area contributed by atoms with Crippen molar-refractivity contribution in [2.75, 3.05) is 6.54 Å². The lowest BCUT2D eigenvalue weighted by molar-refractivity contribution is 0.0730. The first-order chi connectivity index (χ1) is 12.8. The van der Waals surface area contributed by atoms with Crippen LogP contribution in [0.1, 0.15) is 35.4 Å². The molecule has 0 bridgehead atoms. The predicted molar refractivity (Wildman–Crippen MR) is 96.4 cm³/mol. The van der Waals surface area contributed by atoms with E-state index in [4.69, 9.17) is 4.52 Å². The van der Waals surface area contributed by atoms with Crippen molar-refractivity contribution in [1.82, 2.24) is 20.0 Å². The number of carbonyl (C=O) groups is 1. The predicted octanol–water partition coefficient (Wildman–Crippen LogP) is 3.37. The number of aryl methyl sites for hydroxylation is 1. The zero-order chi connectivity index (χ0) is 17.8. The van der Waals surface area contributed by atoms with E-state index in [0.29, 0.717) is 23.7 Å². The van der Waals surface area contributed by atoms with Gasteiger partial charge in [0, 0.05) is 42.5 Å². The fraction of sp³-hybridized carbons (Fsp3) is 0.300. The van der Waals surface area contributed by atoms with E-state index < -0.39 is 0 Å². The van der Waals surface area contributed by atoms with Crippen LogP contribution in [0, 0.1) is 0 Å². The summed E-state index contributed by atoms with van der Waals surface area (Å²) < 4.78 is 5.36. The van der Waals surface area contributed by atoms with Gasteiger partial charge in [0.25, 0.3) is 11.8 Å². The van der Waals surface area contributed by atoms with Gasteiger partial charge in [-0.2, -0.15) is 4.98 Å². The molecular weight excluding hydrogens is 328 g/mol. The van der Waals surface area contributed by atoms with E-state index in [0.717, 1.165) is 31.4 Å². The van der Waals surface area contributed by atoms with Crippen LogP contribution in [0.25, 0.3) is 11.5 Å². The van der Waals surface area contributed by atoms with Crippen molar-refractivity contribution in [3.05, 3.63) is 66.2 Å². The average molecular weight is 348 g/mol. The Morgan fingerprint density at radius 3 is 2.77 bits per heavy atom. The maximum atomic E-state index is 12.7. The zero-order valence-corrected chi connectivity index (χ0v) is 14.4. The highest BCUT2D eigenvalue weighted by Crippen LogP contribution is 2.24. The van der Waals surface area contributed by atoms with Crippen LogP contribution in [-0.2, 0) is 6.42 Å². The van der Waals surface area contributed by atoms with Gasteiger partial charge in [-0.15, -0.1) is 0 Å². The standard InChI is InChI=1S/C20H20N4O2/c25-20(16-10-12-21-13-11-16)24-14-4-7-17(24)8-9-18-22-19(26-23-18)15-5-2-1-3-6-15/h1-3,5-6,10-13,17H,4,7-9,14H2. The highest BCUT2D eigenvalue weighted by atomic mass is 16.5. The maximum absolute atomic E-state index is 12.7. The van der Waals surface area contributed by atoms with E-state index in [2.05, 4.69) is 15.1 Å². The minimum Gasteiger partial charge on any atom is -0.336 e. The highest BCUT2D eigenvalue weighted by Gasteiger charge is 2.29. The fourth-order valence-corrected chi connectivity index (χ4v) is 3.41. The molecule has 1 unspecified atom stereocenters. The number of likely N-dealkylation sites (tertiary alicyclic amines) is 1. The zero-order valence-electron chi connectivity index (χ0n) is 14.4. The van der Waals surface area contributed by atoms with Gasteiger partial charge in [-0.1, -0.05) is 23.4 Å². The summed E-state index contributed by atoms with van der Waals surface area (Å²) in [6, 6.07) is 13.5. The molecule has 6 nitrogen and oxygen atoms in total. The highest BCUT2D eigenvalue weighted by molar-refractivity contribution is 5.94. The average Bonchev–Trinajstić information content (AvgIpc) is 3.36. The van der Waals surface area contributed by atoms with E-state index in [9.17, 15) is 4.79 Å². The molecule has 4 rings (SSSR count). The van der Waals surface area contributed by atoms with Gasteiger partial charge in [-0.05, 0) is 43.5 Å². The second kappa shape index (κ2) is 7.47. The molecule has 1 fully saturated rings. The Bertz CT molecular complexity index is 864. The van der Waals surface area contributed by atoms with Gasteiger partial charge in [0.2, 0.25) is 0 Å². The fourth-order valence-electron chi connectivity index (χ4n) is 3.41. The summed E-state index contributed by atoms with van der Waals surface area (Å²) in [5, 5.41) is 4.08. The van der Waals surface area contributed by atoms with E-state index in [-0.39, 0.29) is 11.9 Å². The molecule has 3 heterocycles. The minimum absolute atomic E-state index is 0.0768. The molecule has 1 amide bonds. The SMILES string of the molecule is O=C(c1ccncc1)N1CCCC1CCc1noc(-c2ccccc2)n1. The Kier molecular flexibility index (Phi) is 4.73. The van der Waals surface area contributed by atoms with Crippen LogP contribution in [0.15, 0.2) is 59.4 Å². The van der Waals surface area contributed by atoms with Crippen LogP contribution < -0.4 is 0 Å². The van der Waals surface area contributed by atoms with Crippen molar-refractivity contribution in [1.29, 1.82) is 0 Å². The lowest BCUT2D eigenvalue weighted by Gasteiger charge is -2.24. The monoisotopic (exact) mass is 348 g/mol. The van der Waals surface area contributed by atoms with Gasteiger partial charge in [0.05, 0.1) is 0 Å². The van der Waals surface area contributed by atoms with Crippen molar-refractivity contribution >= 4 is 5.91 Å². The maximum Gasteiger partial charge on any atom is 0.257 e. The molecule has 1 atom stereocenters. The molecule has 0 aliphatic carbocycles. The summed E-state index contributed by atoms with van der Waals surface area (Å²) in [5.41, 5.74) is 1.61. The third-order valence-electron chi connectivity index (χ3n) is 4.76. The Morgan fingerprint density at radius 2 is 1.96 bits per heavy atom. The Balaban J connectivity index is 1.40. The van der Waals surface area contributed by atoms with Crippen LogP contribution in [-0.4, -0.2) is 38.5 Å². The number of hydrogen-bond acceptors (Lipinski definition) is 5. The van der Waals surface area contributed by atoms with Crippen molar-refractivity contribution < 1.29 is 9.32 Å². The summed E-state index contributed by atoms with van der Waals surface area (Å²) in [4.78, 5) is 23.1. The quantitative estimate of drug-likeness (QED) is 0.707. The van der Waals surface area contributed by atoms with Crippen molar-refractivity contribution in [2.24, 2.45) is 0 Å². The van der Waals surface area contributed by atoms with Crippen LogP contribution in [0.5, 0.6) is 0 Å². The smallest absolute Gasteiger partial charge is 0.257 e. The molecule has 1 aliphatic rings. The molecule has 0 saturated carbocycles. The normalized spacial score (nSPS) is 16.8. The number of aromatic nitrogens is 3. The van der Waals surface area contributed by atoms with Gasteiger partial charge < -0.3 is 9.42 Å². The van der Waals surface area contributed by atoms with E-state index >= 15 is 0 Å². The summed E-state index contributed by atoms with van der Waals surface area (Å²) in [7, 11) is 0. The molecule has 2 aromatic heterocycles. The molecule has 6 heteroatoms. The molecule has 26 heavy (non-hydrogen) atoms. The van der Waals surface area contributed by atoms with Gasteiger partial charge >= 0.3 is 0 Å².